The summed E-state index contributed by atoms with van der Waals surface area (Å²) in [7, 11) is -1.48. The van der Waals surface area contributed by atoms with Crippen LogP contribution in [0.1, 0.15) is 42.6 Å². The first-order chi connectivity index (χ1) is 12.8. The van der Waals surface area contributed by atoms with Crippen LogP contribution in [0.25, 0.3) is 0 Å². The van der Waals surface area contributed by atoms with Crippen LogP contribution in [-0.4, -0.2) is 89.5 Å². The zero-order valence-corrected chi connectivity index (χ0v) is 17.2. The number of aryl methyl sites for hydroxylation is 1. The molecule has 152 valence electrons. The van der Waals surface area contributed by atoms with Crippen LogP contribution in [0, 0.1) is 0 Å². The first-order valence-corrected chi connectivity index (χ1v) is 11.7. The summed E-state index contributed by atoms with van der Waals surface area (Å²) >= 11 is 0. The Hall–Kier alpha value is -1.45. The summed E-state index contributed by atoms with van der Waals surface area (Å²) < 4.78 is 28.2. The number of piperidine rings is 1. The smallest absolute Gasteiger partial charge is 0.274 e. The third-order valence-electron chi connectivity index (χ3n) is 5.49. The first kappa shape index (κ1) is 20.3. The van der Waals surface area contributed by atoms with Crippen LogP contribution in [-0.2, 0) is 17.1 Å². The van der Waals surface area contributed by atoms with Gasteiger partial charge >= 0.3 is 0 Å². The van der Waals surface area contributed by atoms with Crippen LogP contribution in [0.5, 0.6) is 0 Å². The Morgan fingerprint density at radius 2 is 2.00 bits per heavy atom. The number of sulfonamides is 1. The van der Waals surface area contributed by atoms with Crippen molar-refractivity contribution in [3.05, 3.63) is 18.2 Å². The topological polar surface area (TPSA) is 78.8 Å². The van der Waals surface area contributed by atoms with Gasteiger partial charge in [0.15, 0.2) is 0 Å². The monoisotopic (exact) mass is 397 g/mol. The molecule has 1 aromatic heterocycles. The van der Waals surface area contributed by atoms with Gasteiger partial charge < -0.3 is 14.4 Å². The minimum Gasteiger partial charge on any atom is -0.340 e. The molecule has 8 nitrogen and oxygen atoms in total. The molecular weight excluding hydrogens is 366 g/mol. The number of nitrogens with zero attached hydrogens (tertiary/aromatic N) is 5. The Balaban J connectivity index is 1.62. The van der Waals surface area contributed by atoms with E-state index >= 15 is 0 Å². The molecule has 2 saturated heterocycles. The predicted octanol–water partition coefficient (Wildman–Crippen LogP) is 0.772. The molecule has 3 heterocycles. The van der Waals surface area contributed by atoms with Gasteiger partial charge in [-0.2, -0.15) is 4.31 Å². The van der Waals surface area contributed by atoms with Gasteiger partial charge in [0.1, 0.15) is 5.69 Å². The maximum absolute atomic E-state index is 12.7. The highest BCUT2D eigenvalue weighted by Crippen LogP contribution is 2.20. The molecule has 27 heavy (non-hydrogen) atoms. The summed E-state index contributed by atoms with van der Waals surface area (Å²) in [4.78, 5) is 21.0. The van der Waals surface area contributed by atoms with Crippen molar-refractivity contribution >= 4 is 15.9 Å². The number of aromatic nitrogens is 2. The standard InChI is InChI=1S/C18H31N5O3S/c1-20-14-17(19-15-20)18(24)22-11-5-7-16(13-22)23(27(2,25)26)12-6-10-21-8-3-4-9-21/h14-16H,3-13H2,1-2H3. The second-order valence-electron chi connectivity index (χ2n) is 7.75. The second-order valence-corrected chi connectivity index (χ2v) is 9.68. The summed E-state index contributed by atoms with van der Waals surface area (Å²) in [5, 5.41) is 0. The second kappa shape index (κ2) is 8.70. The summed E-state index contributed by atoms with van der Waals surface area (Å²) in [6, 6.07) is -0.153. The fourth-order valence-electron chi connectivity index (χ4n) is 4.14. The molecule has 1 unspecified atom stereocenters. The average molecular weight is 398 g/mol. The molecule has 0 N–H and O–H groups in total. The van der Waals surface area contributed by atoms with E-state index in [1.165, 1.54) is 19.1 Å². The molecule has 1 atom stereocenters. The number of likely N-dealkylation sites (tertiary alicyclic amines) is 2. The van der Waals surface area contributed by atoms with E-state index in [2.05, 4.69) is 9.88 Å². The third-order valence-corrected chi connectivity index (χ3v) is 6.83. The van der Waals surface area contributed by atoms with Crippen LogP contribution in [0.2, 0.25) is 0 Å². The molecule has 0 aromatic carbocycles. The number of imidazole rings is 1. The SMILES string of the molecule is Cn1cnc(C(=O)N2CCCC(N(CCCN3CCCC3)S(C)(=O)=O)C2)c1. The largest absolute Gasteiger partial charge is 0.340 e. The molecule has 1 amide bonds. The van der Waals surface area contributed by atoms with Crippen molar-refractivity contribution in [2.24, 2.45) is 7.05 Å². The summed E-state index contributed by atoms with van der Waals surface area (Å²) in [6.07, 6.45) is 9.50. The Kier molecular flexibility index (Phi) is 6.54. The van der Waals surface area contributed by atoms with Crippen LogP contribution >= 0.6 is 0 Å². The van der Waals surface area contributed by atoms with Crippen molar-refractivity contribution in [3.63, 3.8) is 0 Å². The maximum atomic E-state index is 12.7. The number of carbonyl (C=O) groups is 1. The number of hydrogen-bond acceptors (Lipinski definition) is 5. The number of rotatable bonds is 7. The van der Waals surface area contributed by atoms with Crippen LogP contribution in [0.15, 0.2) is 12.5 Å². The van der Waals surface area contributed by atoms with Gasteiger partial charge in [-0.05, 0) is 51.7 Å². The lowest BCUT2D eigenvalue weighted by molar-refractivity contribution is 0.0647. The predicted molar refractivity (Wildman–Crippen MR) is 104 cm³/mol. The van der Waals surface area contributed by atoms with E-state index in [1.807, 2.05) is 7.05 Å². The Labute approximate surface area is 162 Å². The van der Waals surface area contributed by atoms with Gasteiger partial charge in [-0.15, -0.1) is 0 Å². The fraction of sp³-hybridized carbons (Fsp3) is 0.778. The third kappa shape index (κ3) is 5.30. The zero-order chi connectivity index (χ0) is 19.4. The molecule has 2 aliphatic rings. The van der Waals surface area contributed by atoms with Crippen LogP contribution in [0.4, 0.5) is 0 Å². The highest BCUT2D eigenvalue weighted by atomic mass is 32.2. The maximum Gasteiger partial charge on any atom is 0.274 e. The van der Waals surface area contributed by atoms with Gasteiger partial charge in [0.05, 0.1) is 12.6 Å². The van der Waals surface area contributed by atoms with Gasteiger partial charge in [-0.3, -0.25) is 4.79 Å². The summed E-state index contributed by atoms with van der Waals surface area (Å²) in [5.41, 5.74) is 0.415. The molecule has 0 aliphatic carbocycles. The van der Waals surface area contributed by atoms with E-state index in [9.17, 15) is 13.2 Å². The summed E-state index contributed by atoms with van der Waals surface area (Å²) in [5.74, 6) is -0.120. The van der Waals surface area contributed by atoms with Gasteiger partial charge in [-0.25, -0.2) is 13.4 Å². The molecule has 2 aliphatic heterocycles. The van der Waals surface area contributed by atoms with Crippen molar-refractivity contribution in [2.45, 2.75) is 38.1 Å². The normalized spacial score (nSPS) is 21.9. The molecule has 0 spiro atoms. The Morgan fingerprint density at radius 3 is 2.63 bits per heavy atom. The quantitative estimate of drug-likeness (QED) is 0.679. The lowest BCUT2D eigenvalue weighted by atomic mass is 10.1. The summed E-state index contributed by atoms with van der Waals surface area (Å²) in [6.45, 7) is 4.79. The Morgan fingerprint density at radius 1 is 1.26 bits per heavy atom. The van der Waals surface area contributed by atoms with Gasteiger partial charge in [-0.1, -0.05) is 0 Å². The average Bonchev–Trinajstić information content (AvgIpc) is 3.29. The molecule has 0 bridgehead atoms. The molecule has 9 heteroatoms. The van der Waals surface area contributed by atoms with Crippen molar-refractivity contribution in [1.29, 1.82) is 0 Å². The van der Waals surface area contributed by atoms with Crippen LogP contribution < -0.4 is 0 Å². The van der Waals surface area contributed by atoms with E-state index < -0.39 is 10.0 Å². The number of hydrogen-bond donors (Lipinski definition) is 0. The minimum absolute atomic E-state index is 0.120. The first-order valence-electron chi connectivity index (χ1n) is 9.81. The highest BCUT2D eigenvalue weighted by Gasteiger charge is 2.33. The molecule has 0 saturated carbocycles. The lowest BCUT2D eigenvalue weighted by Crippen LogP contribution is -2.52. The molecule has 2 fully saturated rings. The van der Waals surface area contributed by atoms with Gasteiger partial charge in [0, 0.05) is 38.9 Å². The van der Waals surface area contributed by atoms with Gasteiger partial charge in [0.2, 0.25) is 10.0 Å². The minimum atomic E-state index is -3.31. The lowest BCUT2D eigenvalue weighted by Gasteiger charge is -2.38. The fourth-order valence-corrected chi connectivity index (χ4v) is 5.31. The van der Waals surface area contributed by atoms with Crippen molar-refractivity contribution in [1.82, 2.24) is 23.7 Å². The van der Waals surface area contributed by atoms with Crippen molar-refractivity contribution in [3.8, 4) is 0 Å². The van der Waals surface area contributed by atoms with Crippen molar-refractivity contribution in [2.75, 3.05) is 45.5 Å². The van der Waals surface area contributed by atoms with Gasteiger partial charge in [0.25, 0.3) is 5.91 Å². The van der Waals surface area contributed by atoms with E-state index in [-0.39, 0.29) is 11.9 Å². The van der Waals surface area contributed by atoms with Crippen LogP contribution in [0.3, 0.4) is 0 Å². The molecule has 0 radical (unpaired) electrons. The highest BCUT2D eigenvalue weighted by molar-refractivity contribution is 7.88. The van der Waals surface area contributed by atoms with E-state index in [1.54, 1.807) is 26.3 Å². The molecule has 1 aromatic rings. The van der Waals surface area contributed by atoms with E-state index in [4.69, 9.17) is 0 Å². The number of amides is 1. The Bertz CT molecular complexity index is 742. The molecule has 3 rings (SSSR count). The molecular formula is C18H31N5O3S. The van der Waals surface area contributed by atoms with Crippen molar-refractivity contribution < 1.29 is 13.2 Å². The van der Waals surface area contributed by atoms with E-state index in [0.29, 0.717) is 25.3 Å². The zero-order valence-electron chi connectivity index (χ0n) is 16.4. The van der Waals surface area contributed by atoms with E-state index in [0.717, 1.165) is 38.9 Å². The number of carbonyl (C=O) groups excluding carboxylic acids is 1.